The van der Waals surface area contributed by atoms with Crippen LogP contribution in [0.25, 0.3) is 10.9 Å². The van der Waals surface area contributed by atoms with Crippen molar-refractivity contribution in [1.82, 2.24) is 94.1 Å². The molecule has 4 aromatic rings. The van der Waals surface area contributed by atoms with Crippen molar-refractivity contribution in [3.05, 3.63) is 108 Å². The van der Waals surface area contributed by atoms with Crippen LogP contribution in [0, 0.1) is 22.7 Å². The second-order valence-corrected chi connectivity index (χ2v) is 35.7. The molecule has 0 spiro atoms. The van der Waals surface area contributed by atoms with E-state index in [1.807, 2.05) is 24.3 Å². The normalized spacial score (nSPS) is 18.2. The largest absolute Gasteiger partial charge is 0.481 e. The number of likely N-dealkylation sites (tertiary alicyclic amines) is 3. The van der Waals surface area contributed by atoms with Gasteiger partial charge in [-0.1, -0.05) is 107 Å². The van der Waals surface area contributed by atoms with Crippen LogP contribution in [0.3, 0.4) is 0 Å². The van der Waals surface area contributed by atoms with E-state index >= 15 is 4.79 Å². The molecule has 0 aliphatic carbocycles. The Kier molecular flexibility index (Phi) is 43.3. The fourth-order valence-corrected chi connectivity index (χ4v) is 17.3. The molecule has 4 aliphatic rings. The summed E-state index contributed by atoms with van der Waals surface area (Å²) >= 11 is 0. The molecule has 28 N–H and O–H groups in total. The number of nitrogens with zero attached hydrogens (tertiary/aromatic N) is 3. The summed E-state index contributed by atoms with van der Waals surface area (Å²) in [5, 5.41) is 85.5. The minimum atomic E-state index is -2.00. The Bertz CT molecular complexity index is 4710. The Hall–Kier alpha value is -12.9. The highest BCUT2D eigenvalue weighted by molar-refractivity contribution is 6.02. The number of benzene rings is 3. The quantitative estimate of drug-likeness (QED) is 0.0125. The number of carbonyl (C=O) groups excluding carboxylic acids is 14. The van der Waals surface area contributed by atoms with Crippen molar-refractivity contribution in [3.63, 3.8) is 0 Å². The fourth-order valence-electron chi connectivity index (χ4n) is 17.3. The van der Waals surface area contributed by atoms with Crippen molar-refractivity contribution < 1.29 is 92.0 Å². The first kappa shape index (κ1) is 107. The number of nitrogens with one attached hydrogen (secondary N) is 17. The highest BCUT2D eigenvalue weighted by Gasteiger charge is 2.46. The van der Waals surface area contributed by atoms with Gasteiger partial charge in [0.05, 0.1) is 19.1 Å². The number of amides is 14. The van der Waals surface area contributed by atoms with Crippen LogP contribution >= 0.6 is 0 Å². The van der Waals surface area contributed by atoms with Crippen molar-refractivity contribution in [2.24, 2.45) is 34.8 Å². The summed E-state index contributed by atoms with van der Waals surface area (Å²) in [6.45, 7) is 7.34. The van der Waals surface area contributed by atoms with Gasteiger partial charge >= 0.3 is 11.9 Å². The molecular weight excluding hydrogens is 1750 g/mol. The number of para-hydroxylation sites is 1. The molecule has 4 fully saturated rings. The molecule has 0 bridgehead atoms. The summed E-state index contributed by atoms with van der Waals surface area (Å²) in [6, 6.07) is 3.68. The Morgan fingerprint density at radius 3 is 1.32 bits per heavy atom. The van der Waals surface area contributed by atoms with Gasteiger partial charge in [0, 0.05) is 69.1 Å². The second kappa shape index (κ2) is 54.5. The molecule has 14 amide bonds. The predicted octanol–water partition coefficient (Wildman–Crippen LogP) is -2.32. The molecule has 135 heavy (non-hydrogen) atoms. The topological polar surface area (TPSA) is 680 Å². The number of aromatic nitrogens is 1. The van der Waals surface area contributed by atoms with Gasteiger partial charge in [-0.3, -0.25) is 82.7 Å². The maximum absolute atomic E-state index is 15.1. The first-order chi connectivity index (χ1) is 64.6. The number of fused-ring (bicyclic) bond motifs is 1. The average Bonchev–Trinajstić information content (AvgIpc) is 2.18. The number of carboxylic acid groups (broad SMARTS) is 2. The molecule has 4 saturated heterocycles. The Morgan fingerprint density at radius 1 is 0.422 bits per heavy atom. The lowest BCUT2D eigenvalue weighted by atomic mass is 10.00. The number of aliphatic hydroxyl groups is 1. The van der Waals surface area contributed by atoms with Crippen LogP contribution in [0.5, 0.6) is 0 Å². The van der Waals surface area contributed by atoms with Gasteiger partial charge in [0.1, 0.15) is 84.6 Å². The van der Waals surface area contributed by atoms with Crippen LogP contribution in [0.2, 0.25) is 0 Å². The third kappa shape index (κ3) is 33.6. The minimum absolute atomic E-state index is 0.00831. The first-order valence-corrected chi connectivity index (χ1v) is 46.8. The number of guanidine groups is 2. The number of unbranched alkanes of at least 4 members (excludes halogenated alkanes) is 2. The zero-order valence-electron chi connectivity index (χ0n) is 77.3. The van der Waals surface area contributed by atoms with E-state index in [4.69, 9.17) is 33.8 Å². The van der Waals surface area contributed by atoms with Gasteiger partial charge in [-0.2, -0.15) is 0 Å². The van der Waals surface area contributed by atoms with Crippen LogP contribution in [0.1, 0.15) is 179 Å². The van der Waals surface area contributed by atoms with Crippen molar-refractivity contribution >= 4 is 117 Å². The standard InChI is InChI=1S/C92H138N24O19/c1-53(2)45-65(107-78(122)63(33-19-41-101-92(97)98)105-83(127)68(110-76(120)60-31-17-39-99-60)49-57-51-102-59-28-12-11-27-58(57)59)80(124)104-62(32-18-40-100-91(95)96)77(121)103-61(29-13-15-37-93)79(123)112-70(46-54(3)4)88(132)114-42-20-34-72(114)86(130)111-69(50-75(118)119)84(128)113-71(52-117)85(129)109-67(48-56-25-9-6-10-26-56)82(126)108-66(47-55-23-7-5-8-24-55)81(125)106-64(30-14-16-38-94)87(131)115-43-21-35-73(115)89(133)116-44-22-36-74(116)90(134)135/h5-12,23-28,51,53-54,60-74,99,102,117H,13-22,29-50,52,93-94H2,1-4H3,(H,103,121)(H,104,124)(H,105,127)(H,106,125)(H,107,122)(H,108,126)(H,109,129)(H,110,120)(H,111,130)(H,112,123)(H,113,128)(H,118,119)(H,134,135)(H4,95,96,100)(H4,97,98,101)/t60-,61-,62-,63-,64-,65-,66-,67-,68-,69-,70-,71-,72-,73-,74-/m0/s1. The minimum Gasteiger partial charge on any atom is -0.481 e. The van der Waals surface area contributed by atoms with Gasteiger partial charge in [0.2, 0.25) is 82.7 Å². The van der Waals surface area contributed by atoms with E-state index in [0.29, 0.717) is 61.8 Å². The summed E-state index contributed by atoms with van der Waals surface area (Å²) < 4.78 is 0. The van der Waals surface area contributed by atoms with E-state index in [2.05, 4.69) is 79.4 Å². The number of aromatic amines is 1. The highest BCUT2D eigenvalue weighted by atomic mass is 16.4. The fraction of sp³-hybridized carbons (Fsp3) is 0.587. The van der Waals surface area contributed by atoms with Crippen LogP contribution in [0.15, 0.2) is 91.1 Å². The molecule has 15 atom stereocenters. The van der Waals surface area contributed by atoms with E-state index in [1.165, 1.54) is 9.80 Å². The molecule has 4 aliphatic heterocycles. The molecule has 0 saturated carbocycles. The predicted molar refractivity (Wildman–Crippen MR) is 499 cm³/mol. The number of H-pyrrole nitrogens is 1. The van der Waals surface area contributed by atoms with Gasteiger partial charge in [-0.15, -0.1) is 0 Å². The van der Waals surface area contributed by atoms with Crippen molar-refractivity contribution in [2.45, 2.75) is 272 Å². The Morgan fingerprint density at radius 2 is 0.822 bits per heavy atom. The monoisotopic (exact) mass is 1880 g/mol. The van der Waals surface area contributed by atoms with Crippen LogP contribution in [0.4, 0.5) is 0 Å². The number of nitrogens with two attached hydrogens (primary N) is 4. The van der Waals surface area contributed by atoms with E-state index < -0.39 is 204 Å². The summed E-state index contributed by atoms with van der Waals surface area (Å²) in [4.78, 5) is 237. The van der Waals surface area contributed by atoms with Gasteiger partial charge < -0.3 is 132 Å². The van der Waals surface area contributed by atoms with E-state index in [-0.39, 0.29) is 166 Å². The number of aliphatic hydroxyl groups excluding tert-OH is 1. The van der Waals surface area contributed by atoms with E-state index in [1.54, 1.807) is 94.6 Å². The van der Waals surface area contributed by atoms with E-state index in [9.17, 15) is 87.2 Å². The van der Waals surface area contributed by atoms with E-state index in [0.717, 1.165) is 22.2 Å². The van der Waals surface area contributed by atoms with Crippen molar-refractivity contribution in [2.75, 3.05) is 59.0 Å². The number of carboxylic acids is 2. The summed E-state index contributed by atoms with van der Waals surface area (Å²) in [5.41, 5.74) is 25.6. The van der Waals surface area contributed by atoms with Crippen LogP contribution in [-0.2, 0) is 96.0 Å². The lowest BCUT2D eigenvalue weighted by Crippen LogP contribution is -2.61. The molecule has 8 rings (SSSR count). The number of rotatable bonds is 55. The van der Waals surface area contributed by atoms with Crippen molar-refractivity contribution in [1.29, 1.82) is 10.8 Å². The van der Waals surface area contributed by atoms with Gasteiger partial charge in [0.25, 0.3) is 0 Å². The smallest absolute Gasteiger partial charge is 0.326 e. The number of aliphatic carboxylic acids is 2. The molecule has 43 heteroatoms. The second-order valence-electron chi connectivity index (χ2n) is 35.7. The molecule has 3 aromatic carbocycles. The highest BCUT2D eigenvalue weighted by Crippen LogP contribution is 2.28. The third-order valence-electron chi connectivity index (χ3n) is 24.3. The van der Waals surface area contributed by atoms with Crippen LogP contribution in [-0.4, -0.2) is 291 Å². The molecular formula is C92H138N24O19. The van der Waals surface area contributed by atoms with Gasteiger partial charge in [0.15, 0.2) is 11.9 Å². The molecule has 5 heterocycles. The van der Waals surface area contributed by atoms with Crippen molar-refractivity contribution in [3.8, 4) is 0 Å². The summed E-state index contributed by atoms with van der Waals surface area (Å²) in [5.74, 6) is -15.9. The lowest BCUT2D eigenvalue weighted by Gasteiger charge is -2.33. The van der Waals surface area contributed by atoms with Gasteiger partial charge in [-0.25, -0.2) is 4.79 Å². The summed E-state index contributed by atoms with van der Waals surface area (Å²) in [6.07, 6.45) is 4.45. The number of hydrogen-bond donors (Lipinski definition) is 24. The Balaban J connectivity index is 0.963. The maximum atomic E-state index is 15.1. The molecule has 0 unspecified atom stereocenters. The summed E-state index contributed by atoms with van der Waals surface area (Å²) in [7, 11) is 0. The maximum Gasteiger partial charge on any atom is 0.326 e. The molecule has 0 radical (unpaired) electrons. The van der Waals surface area contributed by atoms with Crippen LogP contribution < -0.4 is 97.4 Å². The zero-order chi connectivity index (χ0) is 98.4. The SMILES string of the molecule is CC(C)C[C@H](NC(=O)[C@H](CCCNC(=N)N)NC(=O)[C@H](Cc1c[nH]c2ccccc12)NC(=O)[C@@H]1CCCN1)C(=O)N[C@@H](CCCNC(=N)N)C(=O)N[C@@H](CCCCN)C(=O)N[C@@H](CC(C)C)C(=O)N1CCC[C@H]1C(=O)N[C@@H](CC(=O)O)C(=O)N[C@@H](CO)C(=O)N[C@@H](Cc1ccccc1)C(=O)N[C@@H](Cc1ccccc1)C(=O)N[C@@H](CCCCN)C(=O)N1CCC[C@H]1C(=O)N1CCC[C@H]1C(=O)O. The average molecular weight is 1880 g/mol. The number of carbonyl (C=O) groups is 16. The molecule has 740 valence electrons. The zero-order valence-corrected chi connectivity index (χ0v) is 77.3. The Labute approximate surface area is 784 Å². The molecule has 43 nitrogen and oxygen atoms in total. The lowest BCUT2D eigenvalue weighted by molar-refractivity contribution is -0.152. The molecule has 1 aromatic heterocycles. The number of hydrogen-bond acceptors (Lipinski definition) is 22. The van der Waals surface area contributed by atoms with Gasteiger partial charge in [-0.05, 0) is 183 Å². The third-order valence-corrected chi connectivity index (χ3v) is 24.3. The first-order valence-electron chi connectivity index (χ1n) is 46.8.